The minimum Gasteiger partial charge on any atom is -0.447 e. The zero-order valence-corrected chi connectivity index (χ0v) is 15.2. The summed E-state index contributed by atoms with van der Waals surface area (Å²) in [6.07, 6.45) is 1.85. The van der Waals surface area contributed by atoms with Crippen molar-refractivity contribution >= 4 is 11.8 Å². The van der Waals surface area contributed by atoms with E-state index in [9.17, 15) is 4.79 Å². The van der Waals surface area contributed by atoms with Crippen molar-refractivity contribution in [3.63, 3.8) is 0 Å². The molecule has 1 fully saturated rings. The van der Waals surface area contributed by atoms with Gasteiger partial charge in [0.2, 0.25) is 0 Å². The van der Waals surface area contributed by atoms with Crippen LogP contribution in [0.1, 0.15) is 37.3 Å². The number of nitrogens with zero attached hydrogens (tertiary/aromatic N) is 2. The van der Waals surface area contributed by atoms with Crippen molar-refractivity contribution in [1.29, 1.82) is 0 Å². The number of ether oxygens (including phenoxy) is 1. The number of rotatable bonds is 6. The Morgan fingerprint density at radius 3 is 2.88 bits per heavy atom. The number of anilines is 1. The van der Waals surface area contributed by atoms with Crippen LogP contribution in [0.25, 0.3) is 0 Å². The summed E-state index contributed by atoms with van der Waals surface area (Å²) in [5.74, 6) is 0.574. The SMILES string of the molecule is CC(C)N1C(=O)OCC1Cc1ccc2c(c1)C(CCN(C)C)CN2. The maximum atomic E-state index is 11.9. The number of carbonyl (C=O) groups excluding carboxylic acids is 1. The van der Waals surface area contributed by atoms with Crippen LogP contribution < -0.4 is 5.32 Å². The van der Waals surface area contributed by atoms with Gasteiger partial charge in [0.25, 0.3) is 0 Å². The highest BCUT2D eigenvalue weighted by molar-refractivity contribution is 5.70. The van der Waals surface area contributed by atoms with Gasteiger partial charge in [-0.05, 0) is 64.5 Å². The number of cyclic esters (lactones) is 1. The van der Waals surface area contributed by atoms with E-state index in [0.29, 0.717) is 12.5 Å². The second-order valence-electron chi connectivity index (χ2n) is 7.53. The minimum absolute atomic E-state index is 0.144. The molecule has 1 N–H and O–H groups in total. The lowest BCUT2D eigenvalue weighted by Gasteiger charge is -2.25. The Labute approximate surface area is 145 Å². The van der Waals surface area contributed by atoms with Crippen molar-refractivity contribution < 1.29 is 9.53 Å². The number of amides is 1. The molecule has 0 aromatic heterocycles. The third-order valence-electron chi connectivity index (χ3n) is 5.05. The van der Waals surface area contributed by atoms with Crippen molar-refractivity contribution in [1.82, 2.24) is 9.80 Å². The maximum Gasteiger partial charge on any atom is 0.410 e. The van der Waals surface area contributed by atoms with E-state index in [-0.39, 0.29) is 18.2 Å². The predicted molar refractivity (Wildman–Crippen MR) is 96.7 cm³/mol. The highest BCUT2D eigenvalue weighted by atomic mass is 16.6. The fourth-order valence-electron chi connectivity index (χ4n) is 3.79. The highest BCUT2D eigenvalue weighted by Gasteiger charge is 2.35. The molecule has 0 radical (unpaired) electrons. The maximum absolute atomic E-state index is 11.9. The highest BCUT2D eigenvalue weighted by Crippen LogP contribution is 2.35. The normalized spacial score (nSPS) is 22.9. The van der Waals surface area contributed by atoms with Crippen LogP contribution in [-0.2, 0) is 11.2 Å². The van der Waals surface area contributed by atoms with Gasteiger partial charge in [0.1, 0.15) is 6.61 Å². The Balaban J connectivity index is 1.72. The molecule has 2 atom stereocenters. The van der Waals surface area contributed by atoms with Crippen molar-refractivity contribution in [2.45, 2.75) is 44.7 Å². The van der Waals surface area contributed by atoms with Crippen molar-refractivity contribution in [2.75, 3.05) is 39.1 Å². The van der Waals surface area contributed by atoms with Crippen LogP contribution in [0.15, 0.2) is 18.2 Å². The molecule has 0 aliphatic carbocycles. The van der Waals surface area contributed by atoms with Crippen molar-refractivity contribution in [3.05, 3.63) is 29.3 Å². The number of carbonyl (C=O) groups is 1. The smallest absolute Gasteiger partial charge is 0.410 e. The molecule has 3 rings (SSSR count). The molecule has 1 amide bonds. The number of hydrogen-bond donors (Lipinski definition) is 1. The second-order valence-corrected chi connectivity index (χ2v) is 7.53. The summed E-state index contributed by atoms with van der Waals surface area (Å²) in [7, 11) is 4.24. The Bertz CT molecular complexity index is 600. The average Bonchev–Trinajstić information content (AvgIpc) is 3.08. The first-order valence-corrected chi connectivity index (χ1v) is 8.92. The predicted octanol–water partition coefficient (Wildman–Crippen LogP) is 2.92. The summed E-state index contributed by atoms with van der Waals surface area (Å²) >= 11 is 0. The Morgan fingerprint density at radius 2 is 2.17 bits per heavy atom. The number of benzene rings is 1. The molecular formula is C19H29N3O2. The third-order valence-corrected chi connectivity index (χ3v) is 5.05. The molecule has 2 aliphatic rings. The van der Waals surface area contributed by atoms with Crippen LogP contribution in [0.3, 0.4) is 0 Å². The van der Waals surface area contributed by atoms with Gasteiger partial charge >= 0.3 is 6.09 Å². The van der Waals surface area contributed by atoms with Crippen LogP contribution in [-0.4, -0.2) is 61.8 Å². The van der Waals surface area contributed by atoms with Gasteiger partial charge in [0, 0.05) is 24.2 Å². The average molecular weight is 331 g/mol. The molecule has 0 spiro atoms. The molecule has 2 heterocycles. The first-order chi connectivity index (χ1) is 11.5. The first-order valence-electron chi connectivity index (χ1n) is 8.92. The molecule has 2 aliphatic heterocycles. The Morgan fingerprint density at radius 1 is 1.38 bits per heavy atom. The van der Waals surface area contributed by atoms with E-state index in [0.717, 1.165) is 19.5 Å². The topological polar surface area (TPSA) is 44.8 Å². The van der Waals surface area contributed by atoms with Gasteiger partial charge in [-0.1, -0.05) is 12.1 Å². The first kappa shape index (κ1) is 17.1. The molecule has 5 nitrogen and oxygen atoms in total. The van der Waals surface area contributed by atoms with E-state index in [1.165, 1.54) is 23.2 Å². The lowest BCUT2D eigenvalue weighted by atomic mass is 9.94. The monoisotopic (exact) mass is 331 g/mol. The van der Waals surface area contributed by atoms with Gasteiger partial charge in [-0.25, -0.2) is 4.79 Å². The minimum atomic E-state index is -0.179. The van der Waals surface area contributed by atoms with E-state index in [4.69, 9.17) is 4.74 Å². The van der Waals surface area contributed by atoms with Gasteiger partial charge in [0.15, 0.2) is 0 Å². The lowest BCUT2D eigenvalue weighted by molar-refractivity contribution is 0.149. The summed E-state index contributed by atoms with van der Waals surface area (Å²) in [6, 6.07) is 7.02. The Hall–Kier alpha value is -1.75. The Kier molecular flexibility index (Phi) is 4.99. The van der Waals surface area contributed by atoms with Gasteiger partial charge in [0.05, 0.1) is 6.04 Å². The summed E-state index contributed by atoms with van der Waals surface area (Å²) in [5, 5.41) is 3.52. The molecule has 2 unspecified atom stereocenters. The summed E-state index contributed by atoms with van der Waals surface area (Å²) in [4.78, 5) is 16.0. The third kappa shape index (κ3) is 3.51. The van der Waals surface area contributed by atoms with Gasteiger partial charge < -0.3 is 15.0 Å². The fourth-order valence-corrected chi connectivity index (χ4v) is 3.79. The van der Waals surface area contributed by atoms with Crippen LogP contribution in [0.4, 0.5) is 10.5 Å². The van der Waals surface area contributed by atoms with E-state index in [2.05, 4.69) is 42.5 Å². The van der Waals surface area contributed by atoms with Crippen LogP contribution >= 0.6 is 0 Å². The summed E-state index contributed by atoms with van der Waals surface area (Å²) in [6.45, 7) is 6.71. The molecule has 1 aromatic rings. The van der Waals surface area contributed by atoms with Crippen LogP contribution in [0.2, 0.25) is 0 Å². The van der Waals surface area contributed by atoms with E-state index in [1.54, 1.807) is 0 Å². The molecule has 132 valence electrons. The largest absolute Gasteiger partial charge is 0.447 e. The van der Waals surface area contributed by atoms with Gasteiger partial charge in [-0.3, -0.25) is 4.90 Å². The lowest BCUT2D eigenvalue weighted by Crippen LogP contribution is -2.40. The number of fused-ring (bicyclic) bond motifs is 1. The van der Waals surface area contributed by atoms with E-state index in [1.807, 2.05) is 18.7 Å². The molecule has 1 aromatic carbocycles. The van der Waals surface area contributed by atoms with E-state index >= 15 is 0 Å². The second kappa shape index (κ2) is 7.01. The molecule has 1 saturated heterocycles. The van der Waals surface area contributed by atoms with Crippen LogP contribution in [0, 0.1) is 0 Å². The fraction of sp³-hybridized carbons (Fsp3) is 0.632. The standard InChI is InChI=1S/C19H29N3O2/c1-13(2)22-16(12-24-19(22)23)9-14-5-6-18-17(10-14)15(11-20-18)7-8-21(3)4/h5-6,10,13,15-16,20H,7-9,11-12H2,1-4H3. The summed E-state index contributed by atoms with van der Waals surface area (Å²) in [5.41, 5.74) is 3.99. The molecule has 5 heteroatoms. The van der Waals surface area contributed by atoms with Crippen molar-refractivity contribution in [2.24, 2.45) is 0 Å². The number of nitrogens with one attached hydrogen (secondary N) is 1. The van der Waals surface area contributed by atoms with E-state index < -0.39 is 0 Å². The molecule has 0 bridgehead atoms. The van der Waals surface area contributed by atoms with Gasteiger partial charge in [-0.2, -0.15) is 0 Å². The van der Waals surface area contributed by atoms with Crippen LogP contribution in [0.5, 0.6) is 0 Å². The number of hydrogen-bond acceptors (Lipinski definition) is 4. The quantitative estimate of drug-likeness (QED) is 0.870. The molecule has 24 heavy (non-hydrogen) atoms. The zero-order chi connectivity index (χ0) is 17.3. The van der Waals surface area contributed by atoms with Crippen molar-refractivity contribution in [3.8, 4) is 0 Å². The zero-order valence-electron chi connectivity index (χ0n) is 15.2. The molecular weight excluding hydrogens is 302 g/mol. The molecule has 0 saturated carbocycles. The van der Waals surface area contributed by atoms with Gasteiger partial charge in [-0.15, -0.1) is 0 Å². The summed E-state index contributed by atoms with van der Waals surface area (Å²) < 4.78 is 5.26.